The topological polar surface area (TPSA) is 52.0 Å². The van der Waals surface area contributed by atoms with Crippen LogP contribution in [0.4, 0.5) is 11.4 Å². The minimum absolute atomic E-state index is 0.323. The van der Waals surface area contributed by atoms with Crippen molar-refractivity contribution in [3.8, 4) is 0 Å². The highest BCUT2D eigenvalue weighted by Crippen LogP contribution is 2.25. The molecule has 22 heavy (non-hydrogen) atoms. The molecule has 0 aliphatic carbocycles. The number of nitrogens with two attached hydrogens (primary N) is 2. The van der Waals surface area contributed by atoms with Gasteiger partial charge in [-0.2, -0.15) is 0 Å². The van der Waals surface area contributed by atoms with E-state index < -0.39 is 0 Å². The number of hydrogen-bond acceptors (Lipinski definition) is 2. The Hall–Kier alpha value is -2.52. The Bertz CT molecular complexity index is 676. The van der Waals surface area contributed by atoms with E-state index in [2.05, 4.69) is 54.6 Å². The molecule has 0 aliphatic rings. The van der Waals surface area contributed by atoms with Gasteiger partial charge in [-0.05, 0) is 35.4 Å². The number of nitrogen functional groups attached to an aromatic ring is 2. The van der Waals surface area contributed by atoms with Gasteiger partial charge in [0.1, 0.15) is 0 Å². The van der Waals surface area contributed by atoms with E-state index in [-0.39, 0.29) is 0 Å². The molecule has 0 saturated carbocycles. The van der Waals surface area contributed by atoms with E-state index in [0.717, 1.165) is 11.4 Å². The molecule has 0 bridgehead atoms. The van der Waals surface area contributed by atoms with E-state index in [1.165, 1.54) is 16.3 Å². The molecule has 0 spiro atoms. The molecule has 108 valence electrons. The molecule has 0 fully saturated rings. The number of rotatable bonds is 4. The standard InChI is InChI=1S/C19H18N2Si/c20-16-10-6-14(7-11-16)19(15-8-12-17(21)13-9-15)22-18-4-2-1-3-5-18/h1-13,19H,20-21H2. The van der Waals surface area contributed by atoms with Crippen LogP contribution in [-0.4, -0.2) is 9.52 Å². The summed E-state index contributed by atoms with van der Waals surface area (Å²) in [6.45, 7) is 0. The van der Waals surface area contributed by atoms with Crippen molar-refractivity contribution in [3.63, 3.8) is 0 Å². The summed E-state index contributed by atoms with van der Waals surface area (Å²) in [7, 11) is 0.662. The SMILES string of the molecule is Nc1ccc(C([Si]c2ccccc2)c2ccc(N)cc2)cc1. The largest absolute Gasteiger partial charge is 0.399 e. The molecule has 3 aromatic rings. The van der Waals surface area contributed by atoms with E-state index in [0.29, 0.717) is 15.1 Å². The molecule has 0 heterocycles. The van der Waals surface area contributed by atoms with Gasteiger partial charge in [0.05, 0.1) is 9.52 Å². The zero-order valence-electron chi connectivity index (χ0n) is 12.2. The van der Waals surface area contributed by atoms with Gasteiger partial charge in [0, 0.05) is 16.9 Å². The van der Waals surface area contributed by atoms with Crippen molar-refractivity contribution in [2.24, 2.45) is 0 Å². The first-order valence-electron chi connectivity index (χ1n) is 7.25. The fraction of sp³-hybridized carbons (Fsp3) is 0.0526. The highest BCUT2D eigenvalue weighted by Gasteiger charge is 2.16. The second-order valence-electron chi connectivity index (χ2n) is 5.28. The van der Waals surface area contributed by atoms with E-state index in [1.807, 2.05) is 24.3 Å². The van der Waals surface area contributed by atoms with Gasteiger partial charge >= 0.3 is 0 Å². The Morgan fingerprint density at radius 2 is 1.05 bits per heavy atom. The third-order valence-corrected chi connectivity index (χ3v) is 5.25. The highest BCUT2D eigenvalue weighted by atomic mass is 28.2. The van der Waals surface area contributed by atoms with E-state index >= 15 is 0 Å². The summed E-state index contributed by atoms with van der Waals surface area (Å²) in [5.41, 5.74) is 16.1. The monoisotopic (exact) mass is 302 g/mol. The summed E-state index contributed by atoms with van der Waals surface area (Å²) in [5, 5.41) is 1.35. The van der Waals surface area contributed by atoms with E-state index in [9.17, 15) is 0 Å². The van der Waals surface area contributed by atoms with Gasteiger partial charge in [-0.25, -0.2) is 0 Å². The smallest absolute Gasteiger partial charge is 0.0948 e. The third kappa shape index (κ3) is 3.38. The predicted molar refractivity (Wildman–Crippen MR) is 95.4 cm³/mol. The van der Waals surface area contributed by atoms with Crippen molar-refractivity contribution in [1.29, 1.82) is 0 Å². The zero-order valence-corrected chi connectivity index (χ0v) is 13.2. The molecule has 0 amide bonds. The summed E-state index contributed by atoms with van der Waals surface area (Å²) in [4.78, 5) is 0. The highest BCUT2D eigenvalue weighted by molar-refractivity contribution is 6.55. The second kappa shape index (κ2) is 6.50. The fourth-order valence-electron chi connectivity index (χ4n) is 2.44. The maximum absolute atomic E-state index is 5.82. The Morgan fingerprint density at radius 1 is 0.591 bits per heavy atom. The summed E-state index contributed by atoms with van der Waals surface area (Å²) in [6.07, 6.45) is 0. The van der Waals surface area contributed by atoms with Gasteiger partial charge in [-0.1, -0.05) is 59.8 Å². The quantitative estimate of drug-likeness (QED) is 0.575. The average molecular weight is 302 g/mol. The van der Waals surface area contributed by atoms with Crippen LogP contribution in [0.3, 0.4) is 0 Å². The number of anilines is 2. The van der Waals surface area contributed by atoms with Crippen molar-refractivity contribution < 1.29 is 0 Å². The van der Waals surface area contributed by atoms with E-state index in [1.54, 1.807) is 0 Å². The molecule has 0 aromatic heterocycles. The molecule has 4 N–H and O–H groups in total. The minimum atomic E-state index is 0.323. The normalized spacial score (nSPS) is 10.8. The lowest BCUT2D eigenvalue weighted by Gasteiger charge is -2.18. The predicted octanol–water partition coefficient (Wildman–Crippen LogP) is 2.97. The van der Waals surface area contributed by atoms with Crippen LogP contribution in [0, 0.1) is 0 Å². The third-order valence-electron chi connectivity index (χ3n) is 3.62. The lowest BCUT2D eigenvalue weighted by Crippen LogP contribution is -2.22. The molecule has 0 aliphatic heterocycles. The van der Waals surface area contributed by atoms with Gasteiger partial charge in [0.15, 0.2) is 0 Å². The van der Waals surface area contributed by atoms with Crippen molar-refractivity contribution in [3.05, 3.63) is 90.0 Å². The van der Waals surface area contributed by atoms with Crippen molar-refractivity contribution in [2.75, 3.05) is 11.5 Å². The van der Waals surface area contributed by atoms with Crippen LogP contribution in [0.1, 0.15) is 16.7 Å². The minimum Gasteiger partial charge on any atom is -0.399 e. The molecule has 0 atom stereocenters. The molecular weight excluding hydrogens is 284 g/mol. The molecule has 3 aromatic carbocycles. The Labute approximate surface area is 133 Å². The van der Waals surface area contributed by atoms with Crippen molar-refractivity contribution in [1.82, 2.24) is 0 Å². The summed E-state index contributed by atoms with van der Waals surface area (Å²) < 4.78 is 0. The van der Waals surface area contributed by atoms with E-state index in [4.69, 9.17) is 11.5 Å². The summed E-state index contributed by atoms with van der Waals surface area (Å²) in [6, 6.07) is 26.9. The van der Waals surface area contributed by atoms with Crippen LogP contribution in [0.15, 0.2) is 78.9 Å². The molecular formula is C19H18N2Si. The van der Waals surface area contributed by atoms with Gasteiger partial charge in [0.25, 0.3) is 0 Å². The van der Waals surface area contributed by atoms with Crippen molar-refractivity contribution in [2.45, 2.75) is 5.54 Å². The Balaban J connectivity index is 1.97. The number of benzene rings is 3. The Morgan fingerprint density at radius 3 is 1.50 bits per heavy atom. The second-order valence-corrected chi connectivity index (χ2v) is 6.72. The number of hydrogen-bond donors (Lipinski definition) is 2. The van der Waals surface area contributed by atoms with Gasteiger partial charge in [0.2, 0.25) is 0 Å². The summed E-state index contributed by atoms with van der Waals surface area (Å²) >= 11 is 0. The molecule has 2 nitrogen and oxygen atoms in total. The molecule has 0 unspecified atom stereocenters. The maximum Gasteiger partial charge on any atom is 0.0948 e. The first-order valence-corrected chi connectivity index (χ1v) is 8.32. The molecule has 2 radical (unpaired) electrons. The van der Waals surface area contributed by atoms with Gasteiger partial charge < -0.3 is 11.5 Å². The van der Waals surface area contributed by atoms with Gasteiger partial charge in [-0.3, -0.25) is 0 Å². The van der Waals surface area contributed by atoms with Gasteiger partial charge in [-0.15, -0.1) is 0 Å². The van der Waals surface area contributed by atoms with Crippen LogP contribution in [-0.2, 0) is 0 Å². The first-order chi connectivity index (χ1) is 10.7. The Kier molecular flexibility index (Phi) is 4.26. The van der Waals surface area contributed by atoms with Crippen LogP contribution < -0.4 is 16.7 Å². The van der Waals surface area contributed by atoms with Crippen LogP contribution in [0.25, 0.3) is 0 Å². The molecule has 3 heteroatoms. The summed E-state index contributed by atoms with van der Waals surface area (Å²) in [5.74, 6) is 0. The lowest BCUT2D eigenvalue weighted by atomic mass is 10.0. The average Bonchev–Trinajstić information content (AvgIpc) is 2.56. The molecule has 0 saturated heterocycles. The lowest BCUT2D eigenvalue weighted by molar-refractivity contribution is 1.13. The first kappa shape index (κ1) is 14.4. The van der Waals surface area contributed by atoms with Crippen LogP contribution >= 0.6 is 0 Å². The van der Waals surface area contributed by atoms with Crippen LogP contribution in [0.5, 0.6) is 0 Å². The van der Waals surface area contributed by atoms with Crippen LogP contribution in [0.2, 0.25) is 0 Å². The fourth-order valence-corrected chi connectivity index (χ4v) is 3.87. The molecule has 3 rings (SSSR count). The zero-order chi connectivity index (χ0) is 15.4. The van der Waals surface area contributed by atoms with Crippen molar-refractivity contribution >= 4 is 26.1 Å². The maximum atomic E-state index is 5.82.